The number of aliphatic hydroxyl groups excluding tert-OH is 2. The van der Waals surface area contributed by atoms with Gasteiger partial charge in [-0.3, -0.25) is 10.3 Å². The maximum atomic E-state index is 12.6. The number of alkyl halides is 3. The number of anilines is 1. The SMILES string of the molecule is O=C(Nc1ccc(C(F)(F)F)cn1)N1CC=C(c2ncc(CC[C@@H](O)CO)cc2Cl)CC1. The molecule has 2 aromatic rings. The van der Waals surface area contributed by atoms with Gasteiger partial charge in [-0.2, -0.15) is 13.2 Å². The molecule has 3 rings (SSSR count). The number of hydrogen-bond acceptors (Lipinski definition) is 5. The monoisotopic (exact) mass is 470 g/mol. The Morgan fingerprint density at radius 2 is 2.06 bits per heavy atom. The van der Waals surface area contributed by atoms with Crippen LogP contribution in [-0.4, -0.2) is 56.9 Å². The average Bonchev–Trinajstić information content (AvgIpc) is 2.77. The number of urea groups is 1. The topological polar surface area (TPSA) is 98.6 Å². The summed E-state index contributed by atoms with van der Waals surface area (Å²) in [6.45, 7) is 0.357. The van der Waals surface area contributed by atoms with Crippen molar-refractivity contribution >= 4 is 29.0 Å². The number of amides is 2. The van der Waals surface area contributed by atoms with Crippen LogP contribution in [0, 0.1) is 0 Å². The van der Waals surface area contributed by atoms with Crippen molar-refractivity contribution in [2.45, 2.75) is 31.5 Å². The normalized spacial score (nSPS) is 15.3. The van der Waals surface area contributed by atoms with Crippen molar-refractivity contribution in [3.05, 3.63) is 58.5 Å². The van der Waals surface area contributed by atoms with Crippen molar-refractivity contribution < 1.29 is 28.2 Å². The van der Waals surface area contributed by atoms with Gasteiger partial charge < -0.3 is 15.1 Å². The zero-order chi connectivity index (χ0) is 23.3. The van der Waals surface area contributed by atoms with Crippen LogP contribution in [0.5, 0.6) is 0 Å². The van der Waals surface area contributed by atoms with Gasteiger partial charge in [0.1, 0.15) is 5.82 Å². The summed E-state index contributed by atoms with van der Waals surface area (Å²) in [6.07, 6.45) is 0.318. The number of nitrogens with one attached hydrogen (secondary N) is 1. The number of pyridine rings is 2. The number of aryl methyl sites for hydroxylation is 1. The standard InChI is InChI=1S/C21H22ClF3N4O3/c22-17-9-13(1-3-16(31)12-30)10-27-19(17)14-5-7-29(8-6-14)20(32)28-18-4-2-15(11-26-18)21(23,24)25/h2,4-5,9-11,16,30-31H,1,3,6-8,12H2,(H,26,28,32)/t16-/m1/s1. The van der Waals surface area contributed by atoms with E-state index in [1.807, 2.05) is 6.08 Å². The number of halogens is 4. The van der Waals surface area contributed by atoms with Gasteiger partial charge in [-0.1, -0.05) is 17.7 Å². The molecule has 0 bridgehead atoms. The Kier molecular flexibility index (Phi) is 7.70. The summed E-state index contributed by atoms with van der Waals surface area (Å²) >= 11 is 6.37. The highest BCUT2D eigenvalue weighted by Gasteiger charge is 2.30. The van der Waals surface area contributed by atoms with Gasteiger partial charge in [0, 0.05) is 25.5 Å². The van der Waals surface area contributed by atoms with Crippen LogP contribution in [0.25, 0.3) is 5.57 Å². The molecule has 11 heteroatoms. The van der Waals surface area contributed by atoms with Crippen LogP contribution >= 0.6 is 11.6 Å². The van der Waals surface area contributed by atoms with E-state index in [0.717, 1.165) is 23.3 Å². The molecule has 0 fully saturated rings. The Morgan fingerprint density at radius 1 is 1.28 bits per heavy atom. The maximum Gasteiger partial charge on any atom is 0.417 e. The van der Waals surface area contributed by atoms with Crippen molar-refractivity contribution in [1.29, 1.82) is 0 Å². The Labute approximate surface area is 187 Å². The van der Waals surface area contributed by atoms with Gasteiger partial charge in [0.05, 0.1) is 29.0 Å². The third kappa shape index (κ3) is 6.18. The highest BCUT2D eigenvalue weighted by Crippen LogP contribution is 2.30. The fraction of sp³-hybridized carbons (Fsp3) is 0.381. The first kappa shape index (κ1) is 24.0. The molecule has 0 aliphatic carbocycles. The second kappa shape index (κ2) is 10.3. The smallest absolute Gasteiger partial charge is 0.394 e. The largest absolute Gasteiger partial charge is 0.417 e. The molecule has 172 valence electrons. The van der Waals surface area contributed by atoms with Crippen molar-refractivity contribution in [2.24, 2.45) is 0 Å². The Bertz CT molecular complexity index is 983. The van der Waals surface area contributed by atoms with E-state index >= 15 is 0 Å². The van der Waals surface area contributed by atoms with Gasteiger partial charge in [-0.15, -0.1) is 0 Å². The summed E-state index contributed by atoms with van der Waals surface area (Å²) in [7, 11) is 0. The lowest BCUT2D eigenvalue weighted by Gasteiger charge is -2.26. The summed E-state index contributed by atoms with van der Waals surface area (Å²) in [5.41, 5.74) is 1.45. The van der Waals surface area contributed by atoms with E-state index in [9.17, 15) is 23.1 Å². The number of carbonyl (C=O) groups excluding carboxylic acids is 1. The zero-order valence-corrected chi connectivity index (χ0v) is 17.7. The summed E-state index contributed by atoms with van der Waals surface area (Å²) < 4.78 is 37.8. The molecule has 0 unspecified atom stereocenters. The molecule has 1 atom stereocenters. The lowest BCUT2D eigenvalue weighted by molar-refractivity contribution is -0.137. The fourth-order valence-corrected chi connectivity index (χ4v) is 3.48. The molecule has 1 aliphatic heterocycles. The molecule has 32 heavy (non-hydrogen) atoms. The van der Waals surface area contributed by atoms with E-state index in [1.165, 1.54) is 4.90 Å². The van der Waals surface area contributed by atoms with E-state index in [2.05, 4.69) is 15.3 Å². The first-order chi connectivity index (χ1) is 15.2. The molecule has 0 saturated carbocycles. The molecular formula is C21H22ClF3N4O3. The van der Waals surface area contributed by atoms with Gasteiger partial charge in [0.2, 0.25) is 0 Å². The highest BCUT2D eigenvalue weighted by atomic mass is 35.5. The molecule has 0 saturated heterocycles. The second-order valence-corrected chi connectivity index (χ2v) is 7.74. The number of aliphatic hydroxyl groups is 2. The van der Waals surface area contributed by atoms with E-state index in [0.29, 0.717) is 42.7 Å². The predicted octanol–water partition coefficient (Wildman–Crippen LogP) is 3.76. The van der Waals surface area contributed by atoms with Crippen molar-refractivity contribution in [3.8, 4) is 0 Å². The van der Waals surface area contributed by atoms with E-state index in [-0.39, 0.29) is 19.0 Å². The molecule has 3 heterocycles. The van der Waals surface area contributed by atoms with Crippen molar-refractivity contribution in [3.63, 3.8) is 0 Å². The number of aromatic nitrogens is 2. The summed E-state index contributed by atoms with van der Waals surface area (Å²) in [6, 6.07) is 3.27. The molecule has 3 N–H and O–H groups in total. The number of carbonyl (C=O) groups is 1. The molecule has 7 nitrogen and oxygen atoms in total. The van der Waals surface area contributed by atoms with Crippen LogP contribution in [0.1, 0.15) is 29.7 Å². The van der Waals surface area contributed by atoms with Gasteiger partial charge in [0.15, 0.2) is 0 Å². The van der Waals surface area contributed by atoms with Crippen LogP contribution in [0.2, 0.25) is 5.02 Å². The maximum absolute atomic E-state index is 12.6. The Morgan fingerprint density at radius 3 is 2.62 bits per heavy atom. The minimum atomic E-state index is -4.49. The van der Waals surface area contributed by atoms with Crippen LogP contribution in [0.3, 0.4) is 0 Å². The van der Waals surface area contributed by atoms with E-state index in [4.69, 9.17) is 16.7 Å². The Hall–Kier alpha value is -2.69. The van der Waals surface area contributed by atoms with Crippen LogP contribution in [-0.2, 0) is 12.6 Å². The van der Waals surface area contributed by atoms with E-state index in [1.54, 1.807) is 12.3 Å². The van der Waals surface area contributed by atoms with E-state index < -0.39 is 23.9 Å². The first-order valence-electron chi connectivity index (χ1n) is 9.89. The molecular weight excluding hydrogens is 449 g/mol. The predicted molar refractivity (Wildman–Crippen MR) is 113 cm³/mol. The van der Waals surface area contributed by atoms with Crippen LogP contribution < -0.4 is 5.32 Å². The summed E-state index contributed by atoms with van der Waals surface area (Å²) in [5.74, 6) is 0.0318. The number of hydrogen-bond donors (Lipinski definition) is 3. The van der Waals surface area contributed by atoms with Gasteiger partial charge >= 0.3 is 12.2 Å². The lowest BCUT2D eigenvalue weighted by Crippen LogP contribution is -2.38. The minimum absolute atomic E-state index is 0.0318. The van der Waals surface area contributed by atoms with Gasteiger partial charge in [-0.05, 0) is 48.6 Å². The minimum Gasteiger partial charge on any atom is -0.394 e. The third-order valence-electron chi connectivity index (χ3n) is 5.00. The third-order valence-corrected chi connectivity index (χ3v) is 5.29. The quantitative estimate of drug-likeness (QED) is 0.597. The molecule has 0 aromatic carbocycles. The molecule has 1 aliphatic rings. The first-order valence-corrected chi connectivity index (χ1v) is 10.3. The van der Waals surface area contributed by atoms with Gasteiger partial charge in [0.25, 0.3) is 0 Å². The van der Waals surface area contributed by atoms with Crippen LogP contribution in [0.4, 0.5) is 23.8 Å². The molecule has 0 spiro atoms. The average molecular weight is 471 g/mol. The molecule has 0 radical (unpaired) electrons. The van der Waals surface area contributed by atoms with Crippen LogP contribution in [0.15, 0.2) is 36.7 Å². The zero-order valence-electron chi connectivity index (χ0n) is 16.9. The fourth-order valence-electron chi connectivity index (χ4n) is 3.17. The lowest BCUT2D eigenvalue weighted by atomic mass is 10.0. The summed E-state index contributed by atoms with van der Waals surface area (Å²) in [4.78, 5) is 21.9. The Balaban J connectivity index is 1.58. The van der Waals surface area contributed by atoms with Gasteiger partial charge in [-0.25, -0.2) is 9.78 Å². The summed E-state index contributed by atoms with van der Waals surface area (Å²) in [5, 5.41) is 21.3. The highest BCUT2D eigenvalue weighted by molar-refractivity contribution is 6.32. The van der Waals surface area contributed by atoms with Crippen molar-refractivity contribution in [2.75, 3.05) is 25.0 Å². The molecule has 2 amide bonds. The number of nitrogens with zero attached hydrogens (tertiary/aromatic N) is 3. The van der Waals surface area contributed by atoms with Crippen molar-refractivity contribution in [1.82, 2.24) is 14.9 Å². The second-order valence-electron chi connectivity index (χ2n) is 7.33. The number of rotatable bonds is 6. The molecule has 2 aromatic heterocycles.